The average molecular weight is 372 g/mol. The van der Waals surface area contributed by atoms with Gasteiger partial charge in [-0.15, -0.1) is 0 Å². The fraction of sp³-hybridized carbons (Fsp3) is 0.550. The van der Waals surface area contributed by atoms with E-state index in [2.05, 4.69) is 22.8 Å². The lowest BCUT2D eigenvalue weighted by Gasteiger charge is -2.32. The van der Waals surface area contributed by atoms with E-state index in [-0.39, 0.29) is 23.8 Å². The highest BCUT2D eigenvalue weighted by Crippen LogP contribution is 2.30. The molecule has 0 aromatic heterocycles. The molecule has 3 rings (SSSR count). The van der Waals surface area contributed by atoms with Gasteiger partial charge in [-0.2, -0.15) is 0 Å². The number of amides is 3. The largest absolute Gasteiger partial charge is 0.374 e. The highest BCUT2D eigenvalue weighted by Gasteiger charge is 2.27. The maximum Gasteiger partial charge on any atom is 0.249 e. The minimum absolute atomic E-state index is 0.201. The molecule has 27 heavy (non-hydrogen) atoms. The standard InChI is InChI=1S/C20H28N4O3/c21-10-2-5-19(26)24-11-8-14(9-12-24)15-3-1-4-16(13-15)22-17-6-7-18(25)23-20(17)27/h1,3-4,13-14,17,22H,2,5-12,21H2,(H,23,25,27). The Morgan fingerprint density at radius 3 is 2.70 bits per heavy atom. The van der Waals surface area contributed by atoms with Crippen molar-refractivity contribution in [3.8, 4) is 0 Å². The van der Waals surface area contributed by atoms with Crippen molar-refractivity contribution in [3.63, 3.8) is 0 Å². The SMILES string of the molecule is NCCCC(=O)N1CCC(c2cccc(NC3CCC(=O)NC3=O)c2)CC1. The first-order valence-electron chi connectivity index (χ1n) is 9.75. The van der Waals surface area contributed by atoms with Crippen LogP contribution in [0.5, 0.6) is 0 Å². The van der Waals surface area contributed by atoms with Crippen molar-refractivity contribution in [1.29, 1.82) is 0 Å². The number of hydrogen-bond acceptors (Lipinski definition) is 5. The highest BCUT2D eigenvalue weighted by molar-refractivity contribution is 6.01. The van der Waals surface area contributed by atoms with E-state index in [9.17, 15) is 14.4 Å². The van der Waals surface area contributed by atoms with Crippen molar-refractivity contribution in [2.75, 3.05) is 25.0 Å². The Bertz CT molecular complexity index is 698. The Labute approximate surface area is 159 Å². The Morgan fingerprint density at radius 2 is 2.00 bits per heavy atom. The molecule has 3 amide bonds. The third-order valence-corrected chi connectivity index (χ3v) is 5.38. The van der Waals surface area contributed by atoms with Gasteiger partial charge < -0.3 is 16.0 Å². The maximum absolute atomic E-state index is 12.1. The molecule has 2 heterocycles. The molecular weight excluding hydrogens is 344 g/mol. The molecule has 0 spiro atoms. The minimum Gasteiger partial charge on any atom is -0.374 e. The van der Waals surface area contributed by atoms with Crippen LogP contribution in [0, 0.1) is 0 Å². The predicted molar refractivity (Wildman–Crippen MR) is 103 cm³/mol. The molecule has 2 fully saturated rings. The summed E-state index contributed by atoms with van der Waals surface area (Å²) in [5.74, 6) is 0.139. The summed E-state index contributed by atoms with van der Waals surface area (Å²) < 4.78 is 0. The topological polar surface area (TPSA) is 105 Å². The first-order valence-corrected chi connectivity index (χ1v) is 9.75. The molecule has 146 valence electrons. The van der Waals surface area contributed by atoms with E-state index in [0.717, 1.165) is 38.0 Å². The number of likely N-dealkylation sites (tertiary alicyclic amines) is 1. The zero-order valence-corrected chi connectivity index (χ0v) is 15.6. The molecule has 0 aliphatic carbocycles. The fourth-order valence-corrected chi connectivity index (χ4v) is 3.79. The van der Waals surface area contributed by atoms with Crippen molar-refractivity contribution in [2.45, 2.75) is 50.5 Å². The molecular formula is C20H28N4O3. The van der Waals surface area contributed by atoms with Crippen molar-refractivity contribution < 1.29 is 14.4 Å². The van der Waals surface area contributed by atoms with Gasteiger partial charge in [-0.3, -0.25) is 19.7 Å². The molecule has 2 saturated heterocycles. The summed E-state index contributed by atoms with van der Waals surface area (Å²) >= 11 is 0. The Morgan fingerprint density at radius 1 is 1.22 bits per heavy atom. The number of nitrogens with two attached hydrogens (primary N) is 1. The van der Waals surface area contributed by atoms with Crippen LogP contribution in [0.1, 0.15) is 50.0 Å². The van der Waals surface area contributed by atoms with Crippen LogP contribution in [0.25, 0.3) is 0 Å². The molecule has 0 bridgehead atoms. The van der Waals surface area contributed by atoms with Crippen LogP contribution in [0.4, 0.5) is 5.69 Å². The van der Waals surface area contributed by atoms with Gasteiger partial charge in [0, 0.05) is 31.6 Å². The normalized spacial score (nSPS) is 21.1. The number of imide groups is 1. The van der Waals surface area contributed by atoms with E-state index in [0.29, 0.717) is 31.7 Å². The number of hydrogen-bond donors (Lipinski definition) is 3. The molecule has 1 unspecified atom stereocenters. The van der Waals surface area contributed by atoms with Gasteiger partial charge in [-0.05, 0) is 55.8 Å². The van der Waals surface area contributed by atoms with Gasteiger partial charge in [0.05, 0.1) is 0 Å². The molecule has 2 aliphatic rings. The minimum atomic E-state index is -0.375. The van der Waals surface area contributed by atoms with Gasteiger partial charge >= 0.3 is 0 Å². The lowest BCUT2D eigenvalue weighted by molar-refractivity contribution is -0.134. The summed E-state index contributed by atoms with van der Waals surface area (Å²) in [6, 6.07) is 7.74. The van der Waals surface area contributed by atoms with Gasteiger partial charge in [0.2, 0.25) is 17.7 Å². The number of nitrogens with one attached hydrogen (secondary N) is 2. The van der Waals surface area contributed by atoms with Crippen LogP contribution >= 0.6 is 0 Å². The monoisotopic (exact) mass is 372 g/mol. The van der Waals surface area contributed by atoms with Crippen LogP contribution < -0.4 is 16.4 Å². The Kier molecular flexibility index (Phi) is 6.45. The third-order valence-electron chi connectivity index (χ3n) is 5.38. The quantitative estimate of drug-likeness (QED) is 0.654. The van der Waals surface area contributed by atoms with E-state index in [1.165, 1.54) is 5.56 Å². The molecule has 7 heteroatoms. The molecule has 1 atom stereocenters. The lowest BCUT2D eigenvalue weighted by Crippen LogP contribution is -2.47. The summed E-state index contributed by atoms with van der Waals surface area (Å²) in [7, 11) is 0. The fourth-order valence-electron chi connectivity index (χ4n) is 3.79. The number of carbonyl (C=O) groups is 3. The van der Waals surface area contributed by atoms with Crippen LogP contribution in [0.15, 0.2) is 24.3 Å². The van der Waals surface area contributed by atoms with E-state index < -0.39 is 0 Å². The zero-order chi connectivity index (χ0) is 19.2. The highest BCUT2D eigenvalue weighted by atomic mass is 16.2. The second-order valence-electron chi connectivity index (χ2n) is 7.32. The lowest BCUT2D eigenvalue weighted by atomic mass is 9.89. The number of anilines is 1. The Hall–Kier alpha value is -2.41. The van der Waals surface area contributed by atoms with Gasteiger partial charge in [0.1, 0.15) is 6.04 Å². The summed E-state index contributed by atoms with van der Waals surface area (Å²) in [6.07, 6.45) is 4.03. The summed E-state index contributed by atoms with van der Waals surface area (Å²) in [6.45, 7) is 2.10. The van der Waals surface area contributed by atoms with Gasteiger partial charge in [0.15, 0.2) is 0 Å². The summed E-state index contributed by atoms with van der Waals surface area (Å²) in [5.41, 5.74) is 7.60. The van der Waals surface area contributed by atoms with Crippen LogP contribution in [0.3, 0.4) is 0 Å². The van der Waals surface area contributed by atoms with E-state index in [1.54, 1.807) is 0 Å². The Balaban J connectivity index is 1.56. The van der Waals surface area contributed by atoms with Crippen molar-refractivity contribution in [3.05, 3.63) is 29.8 Å². The maximum atomic E-state index is 12.1. The van der Waals surface area contributed by atoms with Crippen molar-refractivity contribution in [2.24, 2.45) is 5.73 Å². The average Bonchev–Trinajstić information content (AvgIpc) is 2.68. The molecule has 1 aromatic carbocycles. The molecule has 7 nitrogen and oxygen atoms in total. The van der Waals surface area contributed by atoms with Crippen LogP contribution in [-0.4, -0.2) is 48.3 Å². The number of nitrogens with zero attached hydrogens (tertiary/aromatic N) is 1. The number of piperidine rings is 2. The second-order valence-corrected chi connectivity index (χ2v) is 7.32. The number of benzene rings is 1. The summed E-state index contributed by atoms with van der Waals surface area (Å²) in [4.78, 5) is 37.3. The van der Waals surface area contributed by atoms with Crippen LogP contribution in [0.2, 0.25) is 0 Å². The predicted octanol–water partition coefficient (Wildman–Crippen LogP) is 1.35. The van der Waals surface area contributed by atoms with Crippen molar-refractivity contribution in [1.82, 2.24) is 10.2 Å². The summed E-state index contributed by atoms with van der Waals surface area (Å²) in [5, 5.41) is 5.61. The van der Waals surface area contributed by atoms with Gasteiger partial charge in [0.25, 0.3) is 0 Å². The molecule has 2 aliphatic heterocycles. The first-order chi connectivity index (χ1) is 13.1. The molecule has 0 saturated carbocycles. The van der Waals surface area contributed by atoms with Gasteiger partial charge in [-0.25, -0.2) is 0 Å². The smallest absolute Gasteiger partial charge is 0.249 e. The van der Waals surface area contributed by atoms with E-state index in [1.807, 2.05) is 17.0 Å². The third kappa shape index (κ3) is 5.07. The first kappa shape index (κ1) is 19.4. The van der Waals surface area contributed by atoms with E-state index >= 15 is 0 Å². The van der Waals surface area contributed by atoms with Crippen LogP contribution in [-0.2, 0) is 14.4 Å². The van der Waals surface area contributed by atoms with Crippen molar-refractivity contribution >= 4 is 23.4 Å². The number of carbonyl (C=O) groups excluding carboxylic acids is 3. The molecule has 4 N–H and O–H groups in total. The molecule has 1 aromatic rings. The second kappa shape index (κ2) is 8.99. The molecule has 0 radical (unpaired) electrons. The number of rotatable bonds is 6. The van der Waals surface area contributed by atoms with Gasteiger partial charge in [-0.1, -0.05) is 12.1 Å². The van der Waals surface area contributed by atoms with E-state index in [4.69, 9.17) is 5.73 Å². The zero-order valence-electron chi connectivity index (χ0n) is 15.6.